The second kappa shape index (κ2) is 7.52. The van der Waals surface area contributed by atoms with Gasteiger partial charge in [-0.2, -0.15) is 5.26 Å². The summed E-state index contributed by atoms with van der Waals surface area (Å²) in [5.41, 5.74) is 0.847. The van der Waals surface area contributed by atoms with Crippen LogP contribution in [0.1, 0.15) is 29.7 Å². The van der Waals surface area contributed by atoms with Gasteiger partial charge in [0.1, 0.15) is 17.3 Å². The first kappa shape index (κ1) is 20.3. The third kappa shape index (κ3) is 3.77. The monoisotopic (exact) mass is 416 g/mol. The van der Waals surface area contributed by atoms with Gasteiger partial charge in [-0.15, -0.1) is 0 Å². The smallest absolute Gasteiger partial charge is 0.336 e. The van der Waals surface area contributed by atoms with Gasteiger partial charge in [-0.1, -0.05) is 18.2 Å². The fourth-order valence-electron chi connectivity index (χ4n) is 3.09. The van der Waals surface area contributed by atoms with Gasteiger partial charge in [-0.3, -0.25) is 4.79 Å². The number of carbonyl (C=O) groups excluding carboxylic acids is 2. The molecule has 2 aromatic rings. The highest BCUT2D eigenvalue weighted by atomic mass is 32.2. The van der Waals surface area contributed by atoms with Crippen LogP contribution < -0.4 is 10.6 Å². The van der Waals surface area contributed by atoms with Crippen molar-refractivity contribution in [1.82, 2.24) is 9.62 Å². The predicted octanol–water partition coefficient (Wildman–Crippen LogP) is 2.42. The van der Waals surface area contributed by atoms with Crippen molar-refractivity contribution in [2.45, 2.75) is 24.8 Å². The van der Waals surface area contributed by atoms with Crippen molar-refractivity contribution in [3.05, 3.63) is 58.9 Å². The molecule has 2 N–H and O–H groups in total. The Morgan fingerprint density at radius 1 is 1.34 bits per heavy atom. The number of anilines is 1. The van der Waals surface area contributed by atoms with Crippen molar-refractivity contribution in [2.75, 3.05) is 11.9 Å². The van der Waals surface area contributed by atoms with Gasteiger partial charge in [-0.25, -0.2) is 21.9 Å². The zero-order valence-electron chi connectivity index (χ0n) is 15.6. The molecule has 1 aliphatic rings. The van der Waals surface area contributed by atoms with Crippen molar-refractivity contribution >= 4 is 27.6 Å². The maximum absolute atomic E-state index is 14.1. The summed E-state index contributed by atoms with van der Waals surface area (Å²) in [7, 11) is -4.23. The first-order valence-corrected chi connectivity index (χ1v) is 10.0. The lowest BCUT2D eigenvalue weighted by atomic mass is 10.1. The molecule has 1 heterocycles. The molecule has 0 aromatic heterocycles. The van der Waals surface area contributed by atoms with Crippen molar-refractivity contribution in [2.24, 2.45) is 0 Å². The number of aryl methyl sites for hydroxylation is 1. The third-order valence-corrected chi connectivity index (χ3v) is 6.42. The lowest BCUT2D eigenvalue weighted by molar-refractivity contribution is -0.121. The van der Waals surface area contributed by atoms with Crippen LogP contribution in [-0.4, -0.2) is 31.2 Å². The Hall–Kier alpha value is -3.45. The summed E-state index contributed by atoms with van der Waals surface area (Å²) in [6, 6.07) is 8.53. The van der Waals surface area contributed by atoms with E-state index in [1.165, 1.54) is 25.1 Å². The van der Waals surface area contributed by atoms with Crippen molar-refractivity contribution < 1.29 is 22.4 Å². The largest absolute Gasteiger partial charge is 0.348 e. The number of hydrogen-bond donors (Lipinski definition) is 2. The first-order valence-electron chi connectivity index (χ1n) is 8.57. The lowest BCUT2D eigenvalue weighted by Crippen LogP contribution is -2.49. The maximum atomic E-state index is 14.1. The minimum Gasteiger partial charge on any atom is -0.348 e. The van der Waals surface area contributed by atoms with E-state index in [1.807, 2.05) is 6.07 Å². The van der Waals surface area contributed by atoms with Crippen LogP contribution in [0.5, 0.6) is 0 Å². The summed E-state index contributed by atoms with van der Waals surface area (Å²) in [4.78, 5) is 24.6. The molecule has 3 amide bonds. The number of urea groups is 1. The fraction of sp³-hybridized carbons (Fsp3) is 0.211. The molecule has 150 valence electrons. The normalized spacial score (nSPS) is 15.7. The van der Waals surface area contributed by atoms with E-state index >= 15 is 0 Å². The molecule has 0 saturated carbocycles. The van der Waals surface area contributed by atoms with Crippen LogP contribution >= 0.6 is 0 Å². The van der Waals surface area contributed by atoms with E-state index in [-0.39, 0.29) is 21.7 Å². The summed E-state index contributed by atoms with van der Waals surface area (Å²) in [5, 5.41) is 13.7. The van der Waals surface area contributed by atoms with Gasteiger partial charge in [0.15, 0.2) is 0 Å². The average molecular weight is 416 g/mol. The first-order chi connectivity index (χ1) is 13.6. The number of nitriles is 1. The van der Waals surface area contributed by atoms with Crippen LogP contribution in [0.3, 0.4) is 0 Å². The van der Waals surface area contributed by atoms with Crippen LogP contribution in [-0.2, 0) is 14.8 Å². The Bertz CT molecular complexity index is 1160. The van der Waals surface area contributed by atoms with Crippen LogP contribution in [0.2, 0.25) is 0 Å². The van der Waals surface area contributed by atoms with Gasteiger partial charge >= 0.3 is 6.03 Å². The zero-order valence-corrected chi connectivity index (χ0v) is 16.4. The number of amides is 3. The molecule has 10 heteroatoms. The molecule has 3 rings (SSSR count). The minimum atomic E-state index is -4.23. The van der Waals surface area contributed by atoms with E-state index in [4.69, 9.17) is 5.26 Å². The molecule has 8 nitrogen and oxygen atoms in total. The number of fused-ring (bicyclic) bond motifs is 1. The lowest BCUT2D eigenvalue weighted by Gasteiger charge is -2.29. The molecule has 0 fully saturated rings. The van der Waals surface area contributed by atoms with Gasteiger partial charge in [0.25, 0.3) is 10.0 Å². The Morgan fingerprint density at radius 3 is 2.72 bits per heavy atom. The minimum absolute atomic E-state index is 0.0708. The zero-order chi connectivity index (χ0) is 21.3. The topological polar surface area (TPSA) is 119 Å². The molecule has 1 atom stereocenters. The van der Waals surface area contributed by atoms with Crippen molar-refractivity contribution in [3.8, 4) is 6.07 Å². The van der Waals surface area contributed by atoms with Crippen molar-refractivity contribution in [1.29, 1.82) is 5.26 Å². The second-order valence-electron chi connectivity index (χ2n) is 6.53. The molecular formula is C19H17FN4O4S. The Kier molecular flexibility index (Phi) is 5.26. The predicted molar refractivity (Wildman–Crippen MR) is 102 cm³/mol. The number of hydrogen-bond acceptors (Lipinski definition) is 5. The van der Waals surface area contributed by atoms with E-state index in [9.17, 15) is 22.4 Å². The number of nitrogens with zero attached hydrogens (tertiary/aromatic N) is 2. The molecule has 2 aromatic carbocycles. The van der Waals surface area contributed by atoms with Crippen LogP contribution in [0, 0.1) is 24.1 Å². The molecule has 0 aliphatic carbocycles. The molecular weight excluding hydrogens is 399 g/mol. The Labute approximate surface area is 167 Å². The standard InChI is InChI=1S/C19H17FN4O4S/c1-11-4-3-5-16-18(11)29(27,28)24(19(26)23-16)10-17(25)22-12(2)14-7-6-13(9-21)8-15(14)20/h3-8,12H,10H2,1-2H3,(H,22,25)(H,23,26)/t12-/m0/s1. The highest BCUT2D eigenvalue weighted by Crippen LogP contribution is 2.32. The van der Waals surface area contributed by atoms with Crippen LogP contribution in [0.25, 0.3) is 0 Å². The van der Waals surface area contributed by atoms with E-state index in [2.05, 4.69) is 10.6 Å². The second-order valence-corrected chi connectivity index (χ2v) is 8.33. The highest BCUT2D eigenvalue weighted by Gasteiger charge is 2.39. The van der Waals surface area contributed by atoms with Gasteiger partial charge in [0.2, 0.25) is 5.91 Å². The van der Waals surface area contributed by atoms with Crippen LogP contribution in [0.4, 0.5) is 14.9 Å². The number of rotatable bonds is 4. The summed E-state index contributed by atoms with van der Waals surface area (Å²) >= 11 is 0. The van der Waals surface area contributed by atoms with Crippen molar-refractivity contribution in [3.63, 3.8) is 0 Å². The molecule has 1 aliphatic heterocycles. The van der Waals surface area contributed by atoms with E-state index < -0.39 is 40.4 Å². The van der Waals surface area contributed by atoms with Gasteiger partial charge in [0, 0.05) is 5.56 Å². The molecule has 0 radical (unpaired) electrons. The molecule has 0 unspecified atom stereocenters. The molecule has 0 saturated heterocycles. The Morgan fingerprint density at radius 2 is 2.07 bits per heavy atom. The summed E-state index contributed by atoms with van der Waals surface area (Å²) < 4.78 is 40.3. The number of benzene rings is 2. The number of carbonyl (C=O) groups is 2. The Balaban J connectivity index is 1.79. The van der Waals surface area contributed by atoms with E-state index in [1.54, 1.807) is 19.1 Å². The van der Waals surface area contributed by atoms with Gasteiger partial charge in [-0.05, 0) is 37.6 Å². The quantitative estimate of drug-likeness (QED) is 0.793. The summed E-state index contributed by atoms with van der Waals surface area (Å²) in [5.74, 6) is -1.46. The number of nitrogens with one attached hydrogen (secondary N) is 2. The summed E-state index contributed by atoms with van der Waals surface area (Å²) in [6.45, 7) is 2.33. The average Bonchev–Trinajstić information content (AvgIpc) is 2.64. The molecule has 0 bridgehead atoms. The van der Waals surface area contributed by atoms with Gasteiger partial charge < -0.3 is 10.6 Å². The number of sulfonamides is 1. The highest BCUT2D eigenvalue weighted by molar-refractivity contribution is 7.90. The van der Waals surface area contributed by atoms with E-state index in [0.717, 1.165) is 6.07 Å². The SMILES string of the molecule is Cc1cccc2c1S(=O)(=O)N(CC(=O)N[C@@H](C)c1ccc(C#N)cc1F)C(=O)N2. The van der Waals surface area contributed by atoms with E-state index in [0.29, 0.717) is 9.87 Å². The van der Waals surface area contributed by atoms with Gasteiger partial charge in [0.05, 0.1) is 23.4 Å². The summed E-state index contributed by atoms with van der Waals surface area (Å²) in [6.07, 6.45) is 0. The number of halogens is 1. The molecule has 0 spiro atoms. The molecule has 29 heavy (non-hydrogen) atoms. The fourth-order valence-corrected chi connectivity index (χ4v) is 4.73. The maximum Gasteiger partial charge on any atom is 0.336 e. The third-order valence-electron chi connectivity index (χ3n) is 4.49. The van der Waals surface area contributed by atoms with Crippen LogP contribution in [0.15, 0.2) is 41.3 Å².